The van der Waals surface area contributed by atoms with Crippen LogP contribution in [0, 0.1) is 0 Å². The van der Waals surface area contributed by atoms with E-state index >= 15 is 0 Å². The lowest BCUT2D eigenvalue weighted by Crippen LogP contribution is -2.48. The molecular formula is C22H33N3O3. The third-order valence-corrected chi connectivity index (χ3v) is 5.49. The van der Waals surface area contributed by atoms with Crippen molar-refractivity contribution in [2.24, 2.45) is 0 Å². The summed E-state index contributed by atoms with van der Waals surface area (Å²) in [6.07, 6.45) is 6.03. The SMILES string of the molecule is C[C@@H]1CN(C(=O)c2ccc(NCC(=O)N3CCCCCCC3)cc2)C[C@@H](C)O1. The number of likely N-dealkylation sites (tertiary alicyclic amines) is 1. The zero-order valence-electron chi connectivity index (χ0n) is 17.2. The van der Waals surface area contributed by atoms with E-state index in [9.17, 15) is 9.59 Å². The van der Waals surface area contributed by atoms with Crippen LogP contribution in [0.15, 0.2) is 24.3 Å². The van der Waals surface area contributed by atoms with Crippen molar-refractivity contribution < 1.29 is 14.3 Å². The molecule has 154 valence electrons. The van der Waals surface area contributed by atoms with Crippen LogP contribution in [-0.4, -0.2) is 66.5 Å². The Balaban J connectivity index is 1.51. The molecule has 2 amide bonds. The van der Waals surface area contributed by atoms with Gasteiger partial charge in [0.05, 0.1) is 18.8 Å². The zero-order valence-corrected chi connectivity index (χ0v) is 17.2. The fourth-order valence-electron chi connectivity index (χ4n) is 4.04. The van der Waals surface area contributed by atoms with E-state index in [-0.39, 0.29) is 24.0 Å². The molecule has 2 saturated heterocycles. The van der Waals surface area contributed by atoms with E-state index in [4.69, 9.17) is 4.74 Å². The van der Waals surface area contributed by atoms with Crippen LogP contribution in [0.5, 0.6) is 0 Å². The Morgan fingerprint density at radius 2 is 1.50 bits per heavy atom. The van der Waals surface area contributed by atoms with Gasteiger partial charge in [-0.25, -0.2) is 0 Å². The largest absolute Gasteiger partial charge is 0.376 e. The smallest absolute Gasteiger partial charge is 0.254 e. The molecule has 3 rings (SSSR count). The lowest BCUT2D eigenvalue weighted by atomic mass is 10.1. The Morgan fingerprint density at radius 3 is 2.11 bits per heavy atom. The molecule has 0 unspecified atom stereocenters. The summed E-state index contributed by atoms with van der Waals surface area (Å²) >= 11 is 0. The summed E-state index contributed by atoms with van der Waals surface area (Å²) in [4.78, 5) is 29.0. The Bertz CT molecular complexity index is 643. The molecule has 1 aromatic rings. The summed E-state index contributed by atoms with van der Waals surface area (Å²) in [5.74, 6) is 0.184. The molecule has 1 N–H and O–H groups in total. The topological polar surface area (TPSA) is 61.9 Å². The monoisotopic (exact) mass is 387 g/mol. The van der Waals surface area contributed by atoms with E-state index in [2.05, 4.69) is 5.32 Å². The first kappa shape index (κ1) is 20.6. The van der Waals surface area contributed by atoms with Gasteiger partial charge in [0, 0.05) is 37.4 Å². The molecule has 0 aromatic heterocycles. The van der Waals surface area contributed by atoms with Crippen molar-refractivity contribution in [1.29, 1.82) is 0 Å². The van der Waals surface area contributed by atoms with Crippen LogP contribution in [0.4, 0.5) is 5.69 Å². The molecular weight excluding hydrogens is 354 g/mol. The first-order chi connectivity index (χ1) is 13.5. The molecule has 28 heavy (non-hydrogen) atoms. The lowest BCUT2D eigenvalue weighted by Gasteiger charge is -2.35. The predicted octanol–water partition coefficient (Wildman–Crippen LogP) is 3.14. The van der Waals surface area contributed by atoms with Crippen LogP contribution >= 0.6 is 0 Å². The molecule has 2 aliphatic heterocycles. The van der Waals surface area contributed by atoms with Crippen LogP contribution < -0.4 is 5.32 Å². The third kappa shape index (κ3) is 5.71. The number of nitrogens with one attached hydrogen (secondary N) is 1. The highest BCUT2D eigenvalue weighted by Gasteiger charge is 2.26. The fourth-order valence-corrected chi connectivity index (χ4v) is 4.04. The molecule has 0 saturated carbocycles. The molecule has 0 radical (unpaired) electrons. The highest BCUT2D eigenvalue weighted by molar-refractivity contribution is 5.94. The standard InChI is InChI=1S/C22H33N3O3/c1-17-15-25(16-18(2)28-17)22(27)19-8-10-20(11-9-19)23-14-21(26)24-12-6-4-3-5-7-13-24/h8-11,17-18,23H,3-7,12-16H2,1-2H3/t17-,18-/m1/s1. The average molecular weight is 388 g/mol. The Morgan fingerprint density at radius 1 is 0.929 bits per heavy atom. The summed E-state index contributed by atoms with van der Waals surface area (Å²) in [7, 11) is 0. The predicted molar refractivity (Wildman–Crippen MR) is 111 cm³/mol. The molecule has 2 fully saturated rings. The van der Waals surface area contributed by atoms with Crippen molar-refractivity contribution >= 4 is 17.5 Å². The number of rotatable bonds is 4. The minimum absolute atomic E-state index is 0.0326. The van der Waals surface area contributed by atoms with Gasteiger partial charge >= 0.3 is 0 Å². The second-order valence-electron chi connectivity index (χ2n) is 8.05. The van der Waals surface area contributed by atoms with Gasteiger partial charge in [-0.15, -0.1) is 0 Å². The van der Waals surface area contributed by atoms with Crippen LogP contribution in [0.3, 0.4) is 0 Å². The first-order valence-electron chi connectivity index (χ1n) is 10.6. The molecule has 2 atom stereocenters. The molecule has 6 nitrogen and oxygen atoms in total. The van der Waals surface area contributed by atoms with Gasteiger partial charge in [-0.05, 0) is 51.0 Å². The fraction of sp³-hybridized carbons (Fsp3) is 0.636. The number of nitrogens with zero attached hydrogens (tertiary/aromatic N) is 2. The van der Waals surface area contributed by atoms with Gasteiger partial charge in [0.15, 0.2) is 0 Å². The van der Waals surface area contributed by atoms with E-state index in [1.165, 1.54) is 19.3 Å². The molecule has 0 spiro atoms. The number of anilines is 1. The Hall–Kier alpha value is -2.08. The maximum absolute atomic E-state index is 12.7. The average Bonchev–Trinajstić information content (AvgIpc) is 2.65. The molecule has 1 aromatic carbocycles. The zero-order chi connectivity index (χ0) is 19.9. The number of hydrogen-bond acceptors (Lipinski definition) is 4. The second-order valence-corrected chi connectivity index (χ2v) is 8.05. The van der Waals surface area contributed by atoms with Gasteiger partial charge in [0.25, 0.3) is 5.91 Å². The number of amides is 2. The van der Waals surface area contributed by atoms with Crippen LogP contribution in [0.1, 0.15) is 56.3 Å². The summed E-state index contributed by atoms with van der Waals surface area (Å²) in [6.45, 7) is 7.25. The van der Waals surface area contributed by atoms with Crippen LogP contribution in [0.25, 0.3) is 0 Å². The number of carbonyl (C=O) groups excluding carboxylic acids is 2. The van der Waals surface area contributed by atoms with Gasteiger partial charge in [0.1, 0.15) is 0 Å². The number of benzene rings is 1. The minimum atomic E-state index is 0.0326. The van der Waals surface area contributed by atoms with Crippen molar-refractivity contribution in [3.63, 3.8) is 0 Å². The van der Waals surface area contributed by atoms with E-state index < -0.39 is 0 Å². The van der Waals surface area contributed by atoms with E-state index in [0.29, 0.717) is 25.2 Å². The number of hydrogen-bond donors (Lipinski definition) is 1. The quantitative estimate of drug-likeness (QED) is 0.862. The highest BCUT2D eigenvalue weighted by Crippen LogP contribution is 2.17. The van der Waals surface area contributed by atoms with Gasteiger partial charge in [-0.1, -0.05) is 19.3 Å². The summed E-state index contributed by atoms with van der Waals surface area (Å²) in [5, 5.41) is 3.20. The Labute approximate surface area is 168 Å². The van der Waals surface area contributed by atoms with E-state index in [0.717, 1.165) is 31.6 Å². The van der Waals surface area contributed by atoms with Crippen molar-refractivity contribution in [3.05, 3.63) is 29.8 Å². The van der Waals surface area contributed by atoms with E-state index in [1.807, 2.05) is 47.9 Å². The molecule has 2 heterocycles. The summed E-state index contributed by atoms with van der Waals surface area (Å²) in [5.41, 5.74) is 1.53. The van der Waals surface area contributed by atoms with Gasteiger partial charge in [-0.2, -0.15) is 0 Å². The minimum Gasteiger partial charge on any atom is -0.376 e. The third-order valence-electron chi connectivity index (χ3n) is 5.49. The number of ether oxygens (including phenoxy) is 1. The normalized spacial score (nSPS) is 23.6. The van der Waals surface area contributed by atoms with E-state index in [1.54, 1.807) is 0 Å². The maximum Gasteiger partial charge on any atom is 0.254 e. The second kappa shape index (κ2) is 9.92. The summed E-state index contributed by atoms with van der Waals surface area (Å²) in [6, 6.07) is 7.41. The van der Waals surface area contributed by atoms with Crippen LogP contribution in [-0.2, 0) is 9.53 Å². The maximum atomic E-state index is 12.7. The molecule has 6 heteroatoms. The van der Waals surface area contributed by atoms with Crippen molar-refractivity contribution in [3.8, 4) is 0 Å². The molecule has 2 aliphatic rings. The molecule has 0 aliphatic carbocycles. The number of morpholine rings is 1. The van der Waals surface area contributed by atoms with Crippen molar-refractivity contribution in [1.82, 2.24) is 9.80 Å². The van der Waals surface area contributed by atoms with Crippen LogP contribution in [0.2, 0.25) is 0 Å². The lowest BCUT2D eigenvalue weighted by molar-refractivity contribution is -0.129. The first-order valence-corrected chi connectivity index (χ1v) is 10.6. The van der Waals surface area contributed by atoms with Gasteiger partial charge in [0.2, 0.25) is 5.91 Å². The molecule has 0 bridgehead atoms. The van der Waals surface area contributed by atoms with Gasteiger partial charge in [-0.3, -0.25) is 9.59 Å². The highest BCUT2D eigenvalue weighted by atomic mass is 16.5. The summed E-state index contributed by atoms with van der Waals surface area (Å²) < 4.78 is 5.70. The van der Waals surface area contributed by atoms with Crippen molar-refractivity contribution in [2.75, 3.05) is 38.0 Å². The van der Waals surface area contributed by atoms with Gasteiger partial charge < -0.3 is 19.9 Å². The number of carbonyl (C=O) groups is 2. The Kier molecular flexibility index (Phi) is 7.31. The van der Waals surface area contributed by atoms with Crippen molar-refractivity contribution in [2.45, 2.75) is 58.2 Å².